The van der Waals surface area contributed by atoms with E-state index in [0.717, 1.165) is 23.4 Å². The van der Waals surface area contributed by atoms with E-state index in [2.05, 4.69) is 10.6 Å². The molecule has 5 heteroatoms. The van der Waals surface area contributed by atoms with Crippen LogP contribution in [-0.4, -0.2) is 26.0 Å². The highest BCUT2D eigenvalue weighted by molar-refractivity contribution is 8.00. The van der Waals surface area contributed by atoms with Crippen LogP contribution in [0.25, 0.3) is 0 Å². The lowest BCUT2D eigenvalue weighted by Gasteiger charge is -2.17. The highest BCUT2D eigenvalue weighted by Crippen LogP contribution is 2.38. The van der Waals surface area contributed by atoms with Crippen molar-refractivity contribution < 1.29 is 4.79 Å². The van der Waals surface area contributed by atoms with Crippen LogP contribution >= 0.6 is 23.4 Å². The molecule has 0 radical (unpaired) electrons. The summed E-state index contributed by atoms with van der Waals surface area (Å²) in [6, 6.07) is 17.4. The quantitative estimate of drug-likeness (QED) is 0.561. The third kappa shape index (κ3) is 5.57. The molecular weight excluding hydrogens is 328 g/mol. The summed E-state index contributed by atoms with van der Waals surface area (Å²) in [4.78, 5) is 13.5. The molecule has 0 saturated heterocycles. The Morgan fingerprint density at radius 1 is 1.09 bits per heavy atom. The van der Waals surface area contributed by atoms with Crippen LogP contribution in [0.4, 0.5) is 0 Å². The Labute approximate surface area is 146 Å². The van der Waals surface area contributed by atoms with Crippen molar-refractivity contribution in [3.8, 4) is 0 Å². The zero-order valence-electron chi connectivity index (χ0n) is 13.1. The molecule has 0 aliphatic rings. The Hall–Kier alpha value is -1.49. The molecule has 1 amide bonds. The second kappa shape index (κ2) is 9.60. The van der Waals surface area contributed by atoms with E-state index in [0.29, 0.717) is 11.6 Å². The summed E-state index contributed by atoms with van der Waals surface area (Å²) in [5.74, 6) is 0.0113. The zero-order chi connectivity index (χ0) is 16.5. The van der Waals surface area contributed by atoms with Gasteiger partial charge in [0.1, 0.15) is 5.25 Å². The average Bonchev–Trinajstić information content (AvgIpc) is 2.58. The van der Waals surface area contributed by atoms with Gasteiger partial charge in [0.25, 0.3) is 0 Å². The van der Waals surface area contributed by atoms with E-state index in [-0.39, 0.29) is 11.2 Å². The molecule has 0 aliphatic carbocycles. The van der Waals surface area contributed by atoms with E-state index in [1.54, 1.807) is 0 Å². The van der Waals surface area contributed by atoms with Crippen LogP contribution in [0, 0.1) is 0 Å². The highest BCUT2D eigenvalue weighted by Gasteiger charge is 2.22. The first-order valence-corrected chi connectivity index (χ1v) is 8.86. The van der Waals surface area contributed by atoms with Gasteiger partial charge in [-0.25, -0.2) is 0 Å². The fourth-order valence-electron chi connectivity index (χ4n) is 2.14. The molecule has 2 aromatic carbocycles. The van der Waals surface area contributed by atoms with Gasteiger partial charge in [0.2, 0.25) is 5.91 Å². The van der Waals surface area contributed by atoms with Crippen molar-refractivity contribution in [3.05, 3.63) is 65.2 Å². The third-order valence-corrected chi connectivity index (χ3v) is 5.10. The maximum absolute atomic E-state index is 12.6. The maximum Gasteiger partial charge on any atom is 0.237 e. The molecule has 1 atom stereocenters. The van der Waals surface area contributed by atoms with Crippen LogP contribution in [0.3, 0.4) is 0 Å². The van der Waals surface area contributed by atoms with E-state index in [4.69, 9.17) is 11.6 Å². The van der Waals surface area contributed by atoms with Crippen LogP contribution in [0.1, 0.15) is 17.2 Å². The minimum absolute atomic E-state index is 0.0113. The molecule has 23 heavy (non-hydrogen) atoms. The fourth-order valence-corrected chi connectivity index (χ4v) is 3.48. The number of carbonyl (C=O) groups excluding carboxylic acids is 1. The lowest BCUT2D eigenvalue weighted by molar-refractivity contribution is -0.120. The van der Waals surface area contributed by atoms with E-state index in [9.17, 15) is 4.79 Å². The summed E-state index contributed by atoms with van der Waals surface area (Å²) in [5.41, 5.74) is 0.975. The largest absolute Gasteiger partial charge is 0.355 e. The van der Waals surface area contributed by atoms with Crippen LogP contribution in [-0.2, 0) is 4.79 Å². The number of hydrogen-bond acceptors (Lipinski definition) is 3. The Bertz CT molecular complexity index is 621. The summed E-state index contributed by atoms with van der Waals surface area (Å²) in [6.45, 7) is 1.54. The molecule has 2 aromatic rings. The summed E-state index contributed by atoms with van der Waals surface area (Å²) < 4.78 is 0. The SMILES string of the molecule is CNCCCNC(=O)C(Sc1ccccc1Cl)c1ccccc1. The monoisotopic (exact) mass is 348 g/mol. The molecule has 0 saturated carbocycles. The zero-order valence-corrected chi connectivity index (χ0v) is 14.7. The third-order valence-electron chi connectivity index (χ3n) is 3.32. The van der Waals surface area contributed by atoms with Crippen molar-refractivity contribution >= 4 is 29.3 Å². The summed E-state index contributed by atoms with van der Waals surface area (Å²) in [5, 5.41) is 6.44. The first-order chi connectivity index (χ1) is 11.2. The predicted octanol–water partition coefficient (Wildman–Crippen LogP) is 3.90. The van der Waals surface area contributed by atoms with Crippen LogP contribution in [0.2, 0.25) is 5.02 Å². The molecule has 1 unspecified atom stereocenters. The first-order valence-electron chi connectivity index (χ1n) is 7.61. The first kappa shape index (κ1) is 17.9. The van der Waals surface area contributed by atoms with Crippen LogP contribution in [0.15, 0.2) is 59.5 Å². The van der Waals surface area contributed by atoms with Crippen molar-refractivity contribution in [1.29, 1.82) is 0 Å². The van der Waals surface area contributed by atoms with Gasteiger partial charge in [0.05, 0.1) is 5.02 Å². The average molecular weight is 349 g/mol. The van der Waals surface area contributed by atoms with Crippen molar-refractivity contribution in [1.82, 2.24) is 10.6 Å². The topological polar surface area (TPSA) is 41.1 Å². The molecule has 0 aliphatic heterocycles. The van der Waals surface area contributed by atoms with Gasteiger partial charge < -0.3 is 10.6 Å². The van der Waals surface area contributed by atoms with E-state index >= 15 is 0 Å². The van der Waals surface area contributed by atoms with Gasteiger partial charge in [-0.3, -0.25) is 4.79 Å². The molecule has 2 rings (SSSR count). The fraction of sp³-hybridized carbons (Fsp3) is 0.278. The minimum Gasteiger partial charge on any atom is -0.355 e. The smallest absolute Gasteiger partial charge is 0.237 e. The Morgan fingerprint density at radius 3 is 2.48 bits per heavy atom. The molecule has 0 heterocycles. The second-order valence-electron chi connectivity index (χ2n) is 5.09. The van der Waals surface area contributed by atoms with Crippen molar-refractivity contribution in [2.75, 3.05) is 20.1 Å². The number of amides is 1. The number of benzene rings is 2. The van der Waals surface area contributed by atoms with Crippen molar-refractivity contribution in [3.63, 3.8) is 0 Å². The molecule has 0 fully saturated rings. The standard InChI is InChI=1S/C18H21ClN2OS/c1-20-12-7-13-21-18(22)17(14-8-3-2-4-9-14)23-16-11-6-5-10-15(16)19/h2-6,8-11,17,20H,7,12-13H2,1H3,(H,21,22). The van der Waals surface area contributed by atoms with Gasteiger partial charge >= 0.3 is 0 Å². The van der Waals surface area contributed by atoms with Crippen molar-refractivity contribution in [2.45, 2.75) is 16.6 Å². The summed E-state index contributed by atoms with van der Waals surface area (Å²) in [7, 11) is 1.90. The normalized spacial score (nSPS) is 11.9. The van der Waals surface area contributed by atoms with Gasteiger partial charge in [-0.15, -0.1) is 11.8 Å². The molecule has 0 bridgehead atoms. The molecule has 3 nitrogen and oxygen atoms in total. The second-order valence-corrected chi connectivity index (χ2v) is 6.64. The van der Waals surface area contributed by atoms with Gasteiger partial charge in [-0.1, -0.05) is 54.1 Å². The summed E-state index contributed by atoms with van der Waals surface area (Å²) >= 11 is 7.73. The van der Waals surface area contributed by atoms with Gasteiger partial charge in [0, 0.05) is 11.4 Å². The number of rotatable bonds is 8. The number of thioether (sulfide) groups is 1. The molecule has 122 valence electrons. The van der Waals surface area contributed by atoms with E-state index in [1.165, 1.54) is 11.8 Å². The van der Waals surface area contributed by atoms with Crippen LogP contribution < -0.4 is 10.6 Å². The highest BCUT2D eigenvalue weighted by atomic mass is 35.5. The molecule has 2 N–H and O–H groups in total. The number of halogens is 1. The molecule has 0 aromatic heterocycles. The van der Waals surface area contributed by atoms with E-state index in [1.807, 2.05) is 61.6 Å². The summed E-state index contributed by atoms with van der Waals surface area (Å²) in [6.07, 6.45) is 0.903. The lowest BCUT2D eigenvalue weighted by Crippen LogP contribution is -2.30. The van der Waals surface area contributed by atoms with Gasteiger partial charge in [-0.2, -0.15) is 0 Å². The number of carbonyl (C=O) groups is 1. The Balaban J connectivity index is 2.12. The lowest BCUT2D eigenvalue weighted by atomic mass is 10.1. The minimum atomic E-state index is -0.314. The molecular formula is C18H21ClN2OS. The van der Waals surface area contributed by atoms with Gasteiger partial charge in [0.15, 0.2) is 0 Å². The Kier molecular flexibility index (Phi) is 7.46. The van der Waals surface area contributed by atoms with E-state index < -0.39 is 0 Å². The predicted molar refractivity (Wildman–Crippen MR) is 98.0 cm³/mol. The van der Waals surface area contributed by atoms with Crippen LogP contribution in [0.5, 0.6) is 0 Å². The maximum atomic E-state index is 12.6. The Morgan fingerprint density at radius 2 is 1.78 bits per heavy atom. The van der Waals surface area contributed by atoms with Gasteiger partial charge in [-0.05, 0) is 37.7 Å². The number of nitrogens with one attached hydrogen (secondary N) is 2. The van der Waals surface area contributed by atoms with Crippen molar-refractivity contribution in [2.24, 2.45) is 0 Å². The number of hydrogen-bond donors (Lipinski definition) is 2. The molecule has 0 spiro atoms.